The number of hydrogen-bond donors (Lipinski definition) is 1. The van der Waals surface area contributed by atoms with Crippen molar-refractivity contribution in [1.82, 2.24) is 10.2 Å². The second-order valence-electron chi connectivity index (χ2n) is 5.26. The van der Waals surface area contributed by atoms with Crippen molar-refractivity contribution in [2.75, 3.05) is 25.1 Å². The minimum Gasteiger partial charge on any atom is -0.315 e. The van der Waals surface area contributed by atoms with E-state index in [1.54, 1.807) is 0 Å². The molecule has 1 atom stereocenters. The molecule has 0 spiro atoms. The second kappa shape index (κ2) is 5.91. The van der Waals surface area contributed by atoms with Gasteiger partial charge in [0.15, 0.2) is 9.84 Å². The fraction of sp³-hybridized carbons (Fsp3) is 0.692. The molecule has 1 unspecified atom stereocenters. The Morgan fingerprint density at radius 3 is 2.89 bits per heavy atom. The lowest BCUT2D eigenvalue weighted by molar-refractivity contribution is 0.218. The van der Waals surface area contributed by atoms with E-state index in [-0.39, 0.29) is 6.04 Å². The molecule has 0 radical (unpaired) electrons. The maximum absolute atomic E-state index is 11.6. The quantitative estimate of drug-likeness (QED) is 0.913. The molecule has 0 amide bonds. The van der Waals surface area contributed by atoms with Gasteiger partial charge < -0.3 is 5.32 Å². The van der Waals surface area contributed by atoms with Crippen molar-refractivity contribution in [2.24, 2.45) is 0 Å². The fourth-order valence-electron chi connectivity index (χ4n) is 2.49. The standard InChI is InChI=1S/C13H22N2O2S2/c1-10-9-19(16,17)5-4-15(10)8-12-6-13(7-14-3)18-11(12)2/h6,10,14H,4-5,7-9H2,1-3H3. The van der Waals surface area contributed by atoms with Crippen LogP contribution in [0.3, 0.4) is 0 Å². The first-order valence-corrected chi connectivity index (χ1v) is 9.22. The topological polar surface area (TPSA) is 49.4 Å². The molecule has 0 aromatic carbocycles. The van der Waals surface area contributed by atoms with Gasteiger partial charge in [-0.05, 0) is 32.5 Å². The molecule has 1 fully saturated rings. The van der Waals surface area contributed by atoms with Gasteiger partial charge >= 0.3 is 0 Å². The zero-order valence-electron chi connectivity index (χ0n) is 11.8. The molecule has 1 aliphatic heterocycles. The Morgan fingerprint density at radius 1 is 1.53 bits per heavy atom. The molecule has 108 valence electrons. The SMILES string of the molecule is CNCc1cc(CN2CCS(=O)(=O)CC2C)c(C)s1. The molecule has 2 rings (SSSR count). The summed E-state index contributed by atoms with van der Waals surface area (Å²) in [7, 11) is -0.869. The second-order valence-corrected chi connectivity index (χ2v) is 8.83. The first-order valence-electron chi connectivity index (χ1n) is 6.58. The van der Waals surface area contributed by atoms with Crippen LogP contribution in [0.1, 0.15) is 22.2 Å². The normalized spacial score (nSPS) is 23.6. The summed E-state index contributed by atoms with van der Waals surface area (Å²) in [4.78, 5) is 4.96. The van der Waals surface area contributed by atoms with E-state index < -0.39 is 9.84 Å². The van der Waals surface area contributed by atoms with E-state index in [4.69, 9.17) is 0 Å². The van der Waals surface area contributed by atoms with E-state index in [2.05, 4.69) is 23.2 Å². The third-order valence-electron chi connectivity index (χ3n) is 3.60. The fourth-order valence-corrected chi connectivity index (χ4v) is 5.18. The van der Waals surface area contributed by atoms with Gasteiger partial charge in [-0.15, -0.1) is 11.3 Å². The van der Waals surface area contributed by atoms with Gasteiger partial charge in [-0.2, -0.15) is 0 Å². The minimum atomic E-state index is -2.82. The summed E-state index contributed by atoms with van der Waals surface area (Å²) in [5.74, 6) is 0.587. The van der Waals surface area contributed by atoms with Gasteiger partial charge in [-0.25, -0.2) is 8.42 Å². The average Bonchev–Trinajstić information content (AvgIpc) is 2.63. The minimum absolute atomic E-state index is 0.116. The van der Waals surface area contributed by atoms with Crippen molar-refractivity contribution in [2.45, 2.75) is 33.0 Å². The van der Waals surface area contributed by atoms with Crippen LogP contribution in [0.5, 0.6) is 0 Å². The van der Waals surface area contributed by atoms with Crippen molar-refractivity contribution in [3.05, 3.63) is 21.4 Å². The lowest BCUT2D eigenvalue weighted by Crippen LogP contribution is -2.46. The monoisotopic (exact) mass is 302 g/mol. The Balaban J connectivity index is 2.05. The number of nitrogens with zero attached hydrogens (tertiary/aromatic N) is 1. The van der Waals surface area contributed by atoms with Crippen LogP contribution >= 0.6 is 11.3 Å². The van der Waals surface area contributed by atoms with Crippen LogP contribution in [-0.2, 0) is 22.9 Å². The summed E-state index contributed by atoms with van der Waals surface area (Å²) in [6, 6.07) is 2.36. The van der Waals surface area contributed by atoms with Crippen LogP contribution in [0.2, 0.25) is 0 Å². The molecular formula is C13H22N2O2S2. The lowest BCUT2D eigenvalue weighted by atomic mass is 10.2. The Morgan fingerprint density at radius 2 is 2.26 bits per heavy atom. The highest BCUT2D eigenvalue weighted by Crippen LogP contribution is 2.24. The lowest BCUT2D eigenvalue weighted by Gasteiger charge is -2.33. The molecule has 1 aromatic rings. The maximum Gasteiger partial charge on any atom is 0.153 e. The van der Waals surface area contributed by atoms with Crippen LogP contribution in [0.15, 0.2) is 6.07 Å². The molecule has 0 saturated carbocycles. The van der Waals surface area contributed by atoms with Crippen molar-refractivity contribution in [3.8, 4) is 0 Å². The molecule has 2 heterocycles. The Labute approximate surface area is 119 Å². The smallest absolute Gasteiger partial charge is 0.153 e. The Bertz CT molecular complexity index is 537. The molecule has 1 N–H and O–H groups in total. The van der Waals surface area contributed by atoms with Crippen LogP contribution in [-0.4, -0.2) is 44.5 Å². The Kier molecular flexibility index (Phi) is 4.66. The van der Waals surface area contributed by atoms with E-state index >= 15 is 0 Å². The van der Waals surface area contributed by atoms with Gasteiger partial charge in [-0.3, -0.25) is 4.90 Å². The van der Waals surface area contributed by atoms with Crippen LogP contribution < -0.4 is 5.32 Å². The first-order chi connectivity index (χ1) is 8.91. The zero-order valence-corrected chi connectivity index (χ0v) is 13.4. The van der Waals surface area contributed by atoms with Gasteiger partial charge in [0, 0.05) is 35.4 Å². The summed E-state index contributed by atoms with van der Waals surface area (Å²) in [6.07, 6.45) is 0. The highest BCUT2D eigenvalue weighted by atomic mass is 32.2. The van der Waals surface area contributed by atoms with Crippen LogP contribution in [0.25, 0.3) is 0 Å². The number of aryl methyl sites for hydroxylation is 1. The number of sulfone groups is 1. The number of thiophene rings is 1. The van der Waals surface area contributed by atoms with Crippen LogP contribution in [0.4, 0.5) is 0 Å². The van der Waals surface area contributed by atoms with Crippen LogP contribution in [0, 0.1) is 6.92 Å². The average molecular weight is 302 g/mol. The summed E-state index contributed by atoms with van der Waals surface area (Å²) in [6.45, 7) is 6.57. The largest absolute Gasteiger partial charge is 0.315 e. The number of hydrogen-bond acceptors (Lipinski definition) is 5. The molecule has 1 aromatic heterocycles. The number of rotatable bonds is 4. The van der Waals surface area contributed by atoms with Crippen molar-refractivity contribution < 1.29 is 8.42 Å². The molecule has 0 aliphatic carbocycles. The van der Waals surface area contributed by atoms with E-state index in [9.17, 15) is 8.42 Å². The van der Waals surface area contributed by atoms with E-state index in [1.165, 1.54) is 15.3 Å². The van der Waals surface area contributed by atoms with Crippen molar-refractivity contribution in [1.29, 1.82) is 0 Å². The molecule has 1 aliphatic rings. The molecule has 1 saturated heterocycles. The van der Waals surface area contributed by atoms with E-state index in [0.717, 1.165) is 13.1 Å². The molecule has 4 nitrogen and oxygen atoms in total. The first kappa shape index (κ1) is 15.0. The third kappa shape index (κ3) is 3.78. The molecule has 0 bridgehead atoms. The van der Waals surface area contributed by atoms with E-state index in [1.807, 2.05) is 25.3 Å². The molecule has 6 heteroatoms. The summed E-state index contributed by atoms with van der Waals surface area (Å²) in [5.41, 5.74) is 1.33. The summed E-state index contributed by atoms with van der Waals surface area (Å²) >= 11 is 1.82. The summed E-state index contributed by atoms with van der Waals surface area (Å²) in [5, 5.41) is 3.17. The molecular weight excluding hydrogens is 280 g/mol. The predicted molar refractivity (Wildman–Crippen MR) is 80.3 cm³/mol. The van der Waals surface area contributed by atoms with Crippen molar-refractivity contribution in [3.63, 3.8) is 0 Å². The van der Waals surface area contributed by atoms with Gasteiger partial charge in [0.05, 0.1) is 11.5 Å². The van der Waals surface area contributed by atoms with Gasteiger partial charge in [0.25, 0.3) is 0 Å². The predicted octanol–water partition coefficient (Wildman–Crippen LogP) is 1.39. The van der Waals surface area contributed by atoms with Crippen molar-refractivity contribution >= 4 is 21.2 Å². The third-order valence-corrected chi connectivity index (χ3v) is 6.49. The maximum atomic E-state index is 11.6. The highest BCUT2D eigenvalue weighted by Gasteiger charge is 2.28. The van der Waals surface area contributed by atoms with Gasteiger partial charge in [0.1, 0.15) is 0 Å². The molecule has 19 heavy (non-hydrogen) atoms. The summed E-state index contributed by atoms with van der Waals surface area (Å²) < 4.78 is 23.2. The number of nitrogens with one attached hydrogen (secondary N) is 1. The Hall–Kier alpha value is -0.430. The zero-order chi connectivity index (χ0) is 14.0. The van der Waals surface area contributed by atoms with Gasteiger partial charge in [0.2, 0.25) is 0 Å². The van der Waals surface area contributed by atoms with Gasteiger partial charge in [-0.1, -0.05) is 0 Å². The highest BCUT2D eigenvalue weighted by molar-refractivity contribution is 7.91. The van der Waals surface area contributed by atoms with E-state index in [0.29, 0.717) is 18.1 Å².